The minimum atomic E-state index is -0.562. The zero-order valence-corrected chi connectivity index (χ0v) is 18.8. The number of carbonyl (C=O) groups excluding carboxylic acids is 1. The maximum Gasteiger partial charge on any atom is 0.332 e. The molecule has 2 aromatic heterocycles. The van der Waals surface area contributed by atoms with Crippen molar-refractivity contribution in [2.45, 2.75) is 19.6 Å². The van der Waals surface area contributed by atoms with Gasteiger partial charge >= 0.3 is 5.69 Å². The van der Waals surface area contributed by atoms with E-state index in [1.165, 1.54) is 15.9 Å². The highest BCUT2D eigenvalue weighted by Gasteiger charge is 2.17. The molecule has 0 saturated carbocycles. The molecule has 1 N–H and O–H groups in total. The lowest BCUT2D eigenvalue weighted by Crippen LogP contribution is -2.42. The predicted octanol–water partition coefficient (Wildman–Crippen LogP) is 3.25. The van der Waals surface area contributed by atoms with Crippen molar-refractivity contribution in [1.82, 2.24) is 14.5 Å². The molecule has 1 amide bonds. The summed E-state index contributed by atoms with van der Waals surface area (Å²) in [4.78, 5) is 38.9. The fraction of sp³-hybridized carbons (Fsp3) is 0.174. The molecule has 0 aliphatic heterocycles. The molecule has 0 aliphatic rings. The van der Waals surface area contributed by atoms with Gasteiger partial charge in [-0.2, -0.15) is 0 Å². The van der Waals surface area contributed by atoms with Crippen LogP contribution in [0.3, 0.4) is 0 Å². The summed E-state index contributed by atoms with van der Waals surface area (Å²) < 4.78 is 8.15. The van der Waals surface area contributed by atoms with Crippen LogP contribution in [0.4, 0.5) is 0 Å². The molecule has 0 saturated heterocycles. The number of amides is 1. The fourth-order valence-electron chi connectivity index (χ4n) is 3.46. The smallest absolute Gasteiger partial charge is 0.332 e. The van der Waals surface area contributed by atoms with Crippen molar-refractivity contribution in [2.75, 3.05) is 7.11 Å². The molecule has 0 radical (unpaired) electrons. The van der Waals surface area contributed by atoms with E-state index in [9.17, 15) is 14.4 Å². The third-order valence-corrected chi connectivity index (χ3v) is 6.35. The Hall–Kier alpha value is -3.36. The van der Waals surface area contributed by atoms with Crippen LogP contribution in [-0.2, 0) is 24.4 Å². The van der Waals surface area contributed by atoms with Gasteiger partial charge in [-0.1, -0.05) is 48.0 Å². The average molecular weight is 470 g/mol. The lowest BCUT2D eigenvalue weighted by Gasteiger charge is -2.14. The molecule has 2 heterocycles. The molecule has 164 valence electrons. The Morgan fingerprint density at radius 3 is 2.50 bits per heavy atom. The second-order valence-electron chi connectivity index (χ2n) is 7.07. The second kappa shape index (κ2) is 9.42. The van der Waals surface area contributed by atoms with E-state index < -0.39 is 11.2 Å². The minimum Gasteiger partial charge on any atom is -0.496 e. The van der Waals surface area contributed by atoms with Crippen LogP contribution in [0.15, 0.2) is 69.6 Å². The van der Waals surface area contributed by atoms with Crippen LogP contribution in [0.25, 0.3) is 10.2 Å². The summed E-state index contributed by atoms with van der Waals surface area (Å²) in [5, 5.41) is 5.01. The highest BCUT2D eigenvalue weighted by atomic mass is 35.5. The summed E-state index contributed by atoms with van der Waals surface area (Å²) >= 11 is 7.46. The summed E-state index contributed by atoms with van der Waals surface area (Å²) in [7, 11) is 1.57. The monoisotopic (exact) mass is 469 g/mol. The first-order chi connectivity index (χ1) is 15.5. The first-order valence-electron chi connectivity index (χ1n) is 9.82. The van der Waals surface area contributed by atoms with Crippen molar-refractivity contribution in [3.8, 4) is 5.75 Å². The summed E-state index contributed by atoms with van der Waals surface area (Å²) in [5.41, 5.74) is 0.947. The maximum atomic E-state index is 13.2. The number of nitrogens with one attached hydrogen (secondary N) is 1. The van der Waals surface area contributed by atoms with Crippen LogP contribution in [0.1, 0.15) is 11.1 Å². The number of halogens is 1. The largest absolute Gasteiger partial charge is 0.496 e. The molecule has 0 spiro atoms. The second-order valence-corrected chi connectivity index (χ2v) is 8.40. The number of hydrogen-bond donors (Lipinski definition) is 1. The summed E-state index contributed by atoms with van der Waals surface area (Å²) in [5.74, 6) is 0.312. The topological polar surface area (TPSA) is 82.3 Å². The summed E-state index contributed by atoms with van der Waals surface area (Å²) in [6, 6.07) is 16.1. The Bertz CT molecular complexity index is 1410. The number of ether oxygens (including phenoxy) is 1. The lowest BCUT2D eigenvalue weighted by atomic mass is 10.2. The standard InChI is InChI=1S/C23H20ClN3O4S/c1-31-19-9-5-3-6-15(19)12-25-20(28)14-26-18-10-11-32-21(18)22(29)27(23(26)30)13-16-7-2-4-8-17(16)24/h2-11H,12-14H2,1H3,(H,25,28). The van der Waals surface area contributed by atoms with E-state index >= 15 is 0 Å². The van der Waals surface area contributed by atoms with Gasteiger partial charge in [-0.05, 0) is 29.1 Å². The van der Waals surface area contributed by atoms with Gasteiger partial charge in [0.25, 0.3) is 5.56 Å². The van der Waals surface area contributed by atoms with Gasteiger partial charge in [0.05, 0.1) is 19.2 Å². The molecule has 4 aromatic rings. The van der Waals surface area contributed by atoms with Crippen molar-refractivity contribution >= 4 is 39.1 Å². The highest BCUT2D eigenvalue weighted by molar-refractivity contribution is 7.17. The number of benzene rings is 2. The Morgan fingerprint density at radius 1 is 1.03 bits per heavy atom. The molecule has 9 heteroatoms. The first kappa shape index (κ1) is 21.9. The Morgan fingerprint density at radius 2 is 1.75 bits per heavy atom. The van der Waals surface area contributed by atoms with Gasteiger partial charge in [-0.25, -0.2) is 4.79 Å². The quantitative estimate of drug-likeness (QED) is 0.450. The normalized spacial score (nSPS) is 10.9. The Kier molecular flexibility index (Phi) is 6.43. The number of fused-ring (bicyclic) bond motifs is 1. The van der Waals surface area contributed by atoms with Gasteiger partial charge in [-0.3, -0.25) is 18.7 Å². The minimum absolute atomic E-state index is 0.0218. The predicted molar refractivity (Wildman–Crippen MR) is 126 cm³/mol. The molecular formula is C23H20ClN3O4S. The van der Waals surface area contributed by atoms with E-state index in [0.717, 1.165) is 10.1 Å². The average Bonchev–Trinajstić information content (AvgIpc) is 3.29. The van der Waals surface area contributed by atoms with Gasteiger partial charge in [0.2, 0.25) is 5.91 Å². The number of para-hydroxylation sites is 1. The first-order valence-corrected chi connectivity index (χ1v) is 11.1. The van der Waals surface area contributed by atoms with E-state index in [1.54, 1.807) is 42.8 Å². The molecule has 0 aliphatic carbocycles. The fourth-order valence-corrected chi connectivity index (χ4v) is 4.50. The van der Waals surface area contributed by atoms with Crippen LogP contribution in [-0.4, -0.2) is 22.2 Å². The van der Waals surface area contributed by atoms with Crippen molar-refractivity contribution in [3.63, 3.8) is 0 Å². The number of hydrogen-bond acceptors (Lipinski definition) is 5. The third kappa shape index (κ3) is 4.32. The van der Waals surface area contributed by atoms with Gasteiger partial charge in [0.1, 0.15) is 17.0 Å². The zero-order valence-electron chi connectivity index (χ0n) is 17.2. The van der Waals surface area contributed by atoms with E-state index in [-0.39, 0.29) is 25.5 Å². The molecule has 0 bridgehead atoms. The number of nitrogens with zero attached hydrogens (tertiary/aromatic N) is 2. The van der Waals surface area contributed by atoms with Crippen LogP contribution >= 0.6 is 22.9 Å². The van der Waals surface area contributed by atoms with Crippen LogP contribution in [0.5, 0.6) is 5.75 Å². The van der Waals surface area contributed by atoms with E-state index in [1.807, 2.05) is 24.3 Å². The van der Waals surface area contributed by atoms with E-state index in [2.05, 4.69) is 5.32 Å². The maximum absolute atomic E-state index is 13.2. The highest BCUT2D eigenvalue weighted by Crippen LogP contribution is 2.19. The van der Waals surface area contributed by atoms with Gasteiger partial charge in [0.15, 0.2) is 0 Å². The molecule has 0 atom stereocenters. The molecule has 7 nitrogen and oxygen atoms in total. The lowest BCUT2D eigenvalue weighted by molar-refractivity contribution is -0.121. The van der Waals surface area contributed by atoms with E-state index in [4.69, 9.17) is 16.3 Å². The number of rotatable bonds is 7. The van der Waals surface area contributed by atoms with Crippen molar-refractivity contribution < 1.29 is 9.53 Å². The number of methoxy groups -OCH3 is 1. The van der Waals surface area contributed by atoms with Crippen molar-refractivity contribution in [2.24, 2.45) is 0 Å². The van der Waals surface area contributed by atoms with Gasteiger partial charge in [-0.15, -0.1) is 11.3 Å². The summed E-state index contributed by atoms with van der Waals surface area (Å²) in [6.45, 7) is 0.0572. The molecule has 32 heavy (non-hydrogen) atoms. The third-order valence-electron chi connectivity index (χ3n) is 5.09. The molecular weight excluding hydrogens is 450 g/mol. The zero-order chi connectivity index (χ0) is 22.7. The van der Waals surface area contributed by atoms with Crippen molar-refractivity contribution in [1.29, 1.82) is 0 Å². The summed E-state index contributed by atoms with van der Waals surface area (Å²) in [6.07, 6.45) is 0. The number of aromatic nitrogens is 2. The van der Waals surface area contributed by atoms with Crippen LogP contribution in [0.2, 0.25) is 5.02 Å². The molecule has 0 unspecified atom stereocenters. The van der Waals surface area contributed by atoms with Crippen molar-refractivity contribution in [3.05, 3.63) is 97.0 Å². The van der Waals surface area contributed by atoms with Crippen LogP contribution < -0.4 is 21.3 Å². The SMILES string of the molecule is COc1ccccc1CNC(=O)Cn1c(=O)n(Cc2ccccc2Cl)c(=O)c2sccc21. The van der Waals surface area contributed by atoms with Gasteiger partial charge < -0.3 is 10.1 Å². The Labute approximate surface area is 192 Å². The Balaban J connectivity index is 1.64. The molecule has 4 rings (SSSR count). The molecule has 2 aromatic carbocycles. The van der Waals surface area contributed by atoms with Gasteiger partial charge in [0, 0.05) is 17.1 Å². The number of thiophene rings is 1. The van der Waals surface area contributed by atoms with Crippen LogP contribution in [0, 0.1) is 0 Å². The van der Waals surface area contributed by atoms with E-state index in [0.29, 0.717) is 26.6 Å². The number of carbonyl (C=O) groups is 1. The molecule has 0 fully saturated rings.